The predicted molar refractivity (Wildman–Crippen MR) is 103 cm³/mol. The van der Waals surface area contributed by atoms with Crippen LogP contribution in [0.4, 0.5) is 0 Å². The average Bonchev–Trinajstić information content (AvgIpc) is 3.04. The fraction of sp³-hybridized carbons (Fsp3) is 0.353. The van der Waals surface area contributed by atoms with Gasteiger partial charge in [0.2, 0.25) is 11.7 Å². The second kappa shape index (κ2) is 9.79. The summed E-state index contributed by atoms with van der Waals surface area (Å²) >= 11 is 8.98. The Hall–Kier alpha value is -1.57. The lowest BCUT2D eigenvalue weighted by Crippen LogP contribution is -2.24. The molecule has 1 amide bonds. The number of benzene rings is 1. The second-order valence-corrected chi connectivity index (χ2v) is 7.79. The summed E-state index contributed by atoms with van der Waals surface area (Å²) in [4.78, 5) is 13.2. The number of hydrogen-bond acceptors (Lipinski definition) is 6. The molecule has 0 atom stereocenters. The monoisotopic (exact) mass is 401 g/mol. The first kappa shape index (κ1) is 19.8. The van der Waals surface area contributed by atoms with E-state index >= 15 is 0 Å². The van der Waals surface area contributed by atoms with Crippen molar-refractivity contribution in [1.82, 2.24) is 5.32 Å². The summed E-state index contributed by atoms with van der Waals surface area (Å²) in [5, 5.41) is 2.90. The van der Waals surface area contributed by atoms with Crippen molar-refractivity contribution in [3.05, 3.63) is 39.0 Å². The van der Waals surface area contributed by atoms with Gasteiger partial charge in [0.05, 0.1) is 31.4 Å². The maximum Gasteiger partial charge on any atom is 0.230 e. The van der Waals surface area contributed by atoms with Crippen molar-refractivity contribution in [1.29, 1.82) is 0 Å². The minimum absolute atomic E-state index is 0.0265. The normalized spacial score (nSPS) is 10.4. The number of halogens is 1. The highest BCUT2D eigenvalue weighted by atomic mass is 35.5. The predicted octanol–water partition coefficient (Wildman–Crippen LogP) is 3.98. The zero-order chi connectivity index (χ0) is 18.2. The molecule has 1 N–H and O–H groups in total. The lowest BCUT2D eigenvalue weighted by molar-refractivity contribution is -0.118. The van der Waals surface area contributed by atoms with Crippen LogP contribution >= 0.6 is 34.7 Å². The third kappa shape index (κ3) is 5.73. The molecule has 0 aliphatic rings. The molecule has 2 aromatic rings. The third-order valence-electron chi connectivity index (χ3n) is 3.32. The Morgan fingerprint density at radius 2 is 1.84 bits per heavy atom. The van der Waals surface area contributed by atoms with Crippen LogP contribution in [0.15, 0.2) is 24.3 Å². The molecule has 0 bridgehead atoms. The summed E-state index contributed by atoms with van der Waals surface area (Å²) in [6, 6.07) is 7.49. The Kier molecular flexibility index (Phi) is 7.74. The lowest BCUT2D eigenvalue weighted by atomic mass is 10.2. The van der Waals surface area contributed by atoms with Crippen LogP contribution in [0.1, 0.15) is 10.4 Å². The third-order valence-corrected chi connectivity index (χ3v) is 5.72. The smallest absolute Gasteiger partial charge is 0.230 e. The Labute approximate surface area is 160 Å². The topological polar surface area (TPSA) is 56.8 Å². The van der Waals surface area contributed by atoms with Gasteiger partial charge >= 0.3 is 0 Å². The Morgan fingerprint density at radius 1 is 1.16 bits per heavy atom. The number of thiophene rings is 1. The van der Waals surface area contributed by atoms with E-state index in [0.717, 1.165) is 20.5 Å². The van der Waals surface area contributed by atoms with E-state index in [1.165, 1.54) is 11.3 Å². The number of thioether (sulfide) groups is 1. The van der Waals surface area contributed by atoms with Gasteiger partial charge in [-0.3, -0.25) is 4.79 Å². The number of nitrogens with one attached hydrogen (secondary N) is 1. The summed E-state index contributed by atoms with van der Waals surface area (Å²) in [6.45, 7) is 0.390. The molecule has 0 fully saturated rings. The molecule has 0 radical (unpaired) electrons. The maximum absolute atomic E-state index is 12.0. The quantitative estimate of drug-likeness (QED) is 0.688. The van der Waals surface area contributed by atoms with E-state index in [-0.39, 0.29) is 5.91 Å². The summed E-state index contributed by atoms with van der Waals surface area (Å²) < 4.78 is 16.7. The Morgan fingerprint density at radius 3 is 2.36 bits per heavy atom. The van der Waals surface area contributed by atoms with Gasteiger partial charge < -0.3 is 19.5 Å². The molecule has 1 heterocycles. The highest BCUT2D eigenvalue weighted by Crippen LogP contribution is 2.38. The van der Waals surface area contributed by atoms with E-state index in [0.29, 0.717) is 29.5 Å². The van der Waals surface area contributed by atoms with Crippen molar-refractivity contribution in [3.8, 4) is 17.2 Å². The molecule has 1 aromatic heterocycles. The highest BCUT2D eigenvalue weighted by Gasteiger charge is 2.13. The molecule has 8 heteroatoms. The van der Waals surface area contributed by atoms with E-state index in [9.17, 15) is 4.79 Å². The van der Waals surface area contributed by atoms with E-state index in [2.05, 4.69) is 5.32 Å². The number of rotatable bonds is 9. The SMILES string of the molecule is COc1cc(CNC(=O)CSCc2ccc(Cl)s2)cc(OC)c1OC. The molecule has 0 aliphatic carbocycles. The largest absolute Gasteiger partial charge is 0.493 e. The maximum atomic E-state index is 12.0. The fourth-order valence-electron chi connectivity index (χ4n) is 2.16. The molecular formula is C17H20ClNO4S2. The van der Waals surface area contributed by atoms with Gasteiger partial charge in [0.15, 0.2) is 11.5 Å². The van der Waals surface area contributed by atoms with Gasteiger partial charge in [0.1, 0.15) is 0 Å². The summed E-state index contributed by atoms with van der Waals surface area (Å²) in [5.74, 6) is 2.80. The first-order chi connectivity index (χ1) is 12.1. The highest BCUT2D eigenvalue weighted by molar-refractivity contribution is 7.99. The molecule has 2 rings (SSSR count). The van der Waals surface area contributed by atoms with Crippen LogP contribution in [0.25, 0.3) is 0 Å². The summed E-state index contributed by atoms with van der Waals surface area (Å²) in [5.41, 5.74) is 0.873. The van der Waals surface area contributed by atoms with E-state index < -0.39 is 0 Å². The molecule has 0 spiro atoms. The number of methoxy groups -OCH3 is 3. The van der Waals surface area contributed by atoms with E-state index in [1.54, 1.807) is 33.1 Å². The van der Waals surface area contributed by atoms with Gasteiger partial charge in [0.25, 0.3) is 0 Å². The lowest BCUT2D eigenvalue weighted by Gasteiger charge is -2.14. The van der Waals surface area contributed by atoms with Gasteiger partial charge in [0, 0.05) is 17.2 Å². The van der Waals surface area contributed by atoms with Crippen molar-refractivity contribution in [2.45, 2.75) is 12.3 Å². The standard InChI is InChI=1S/C17H20ClNO4S2/c1-21-13-6-11(7-14(22-2)17(13)23-3)8-19-16(20)10-24-9-12-4-5-15(18)25-12/h4-7H,8-10H2,1-3H3,(H,19,20). The molecular weight excluding hydrogens is 382 g/mol. The van der Waals surface area contributed by atoms with Crippen LogP contribution in [0, 0.1) is 0 Å². The fourth-order valence-corrected chi connectivity index (χ4v) is 4.22. The van der Waals surface area contributed by atoms with Crippen molar-refractivity contribution in [3.63, 3.8) is 0 Å². The molecule has 1 aromatic carbocycles. The van der Waals surface area contributed by atoms with Crippen LogP contribution < -0.4 is 19.5 Å². The zero-order valence-corrected chi connectivity index (χ0v) is 16.6. The summed E-state index contributed by atoms with van der Waals surface area (Å²) in [7, 11) is 4.68. The van der Waals surface area contributed by atoms with Gasteiger partial charge in [-0.15, -0.1) is 23.1 Å². The van der Waals surface area contributed by atoms with Crippen LogP contribution in [-0.4, -0.2) is 33.0 Å². The number of carbonyl (C=O) groups is 1. The number of amides is 1. The Balaban J connectivity index is 1.86. The van der Waals surface area contributed by atoms with Crippen molar-refractivity contribution in [2.75, 3.05) is 27.1 Å². The van der Waals surface area contributed by atoms with Crippen molar-refractivity contribution in [2.24, 2.45) is 0 Å². The van der Waals surface area contributed by atoms with Crippen LogP contribution in [0.5, 0.6) is 17.2 Å². The van der Waals surface area contributed by atoms with E-state index in [4.69, 9.17) is 25.8 Å². The molecule has 5 nitrogen and oxygen atoms in total. The number of carbonyl (C=O) groups excluding carboxylic acids is 1. The van der Waals surface area contributed by atoms with Gasteiger partial charge in [-0.2, -0.15) is 0 Å². The van der Waals surface area contributed by atoms with Gasteiger partial charge in [-0.25, -0.2) is 0 Å². The zero-order valence-electron chi connectivity index (χ0n) is 14.3. The molecule has 0 unspecified atom stereocenters. The van der Waals surface area contributed by atoms with Crippen LogP contribution in [-0.2, 0) is 17.1 Å². The molecule has 0 saturated carbocycles. The number of hydrogen-bond donors (Lipinski definition) is 1. The van der Waals surface area contributed by atoms with Gasteiger partial charge in [-0.1, -0.05) is 11.6 Å². The minimum Gasteiger partial charge on any atom is -0.493 e. The van der Waals surface area contributed by atoms with Crippen LogP contribution in [0.2, 0.25) is 4.34 Å². The van der Waals surface area contributed by atoms with E-state index in [1.807, 2.05) is 24.3 Å². The first-order valence-electron chi connectivity index (χ1n) is 7.45. The molecule has 0 saturated heterocycles. The summed E-state index contributed by atoms with van der Waals surface area (Å²) in [6.07, 6.45) is 0. The molecule has 0 aliphatic heterocycles. The average molecular weight is 402 g/mol. The molecule has 25 heavy (non-hydrogen) atoms. The molecule has 136 valence electrons. The van der Waals surface area contributed by atoms with Crippen LogP contribution in [0.3, 0.4) is 0 Å². The van der Waals surface area contributed by atoms with Crippen molar-refractivity contribution >= 4 is 40.6 Å². The van der Waals surface area contributed by atoms with Crippen molar-refractivity contribution < 1.29 is 19.0 Å². The second-order valence-electron chi connectivity index (χ2n) is 5.01. The first-order valence-corrected chi connectivity index (χ1v) is 9.79. The minimum atomic E-state index is -0.0265. The Bertz CT molecular complexity index is 695. The number of ether oxygens (including phenoxy) is 3. The van der Waals surface area contributed by atoms with Gasteiger partial charge in [-0.05, 0) is 29.8 Å².